The predicted octanol–water partition coefficient (Wildman–Crippen LogP) is 2.40. The fraction of sp³-hybridized carbons (Fsp3) is 0.400. The van der Waals surface area contributed by atoms with Gasteiger partial charge in [-0.2, -0.15) is 4.39 Å². The van der Waals surface area contributed by atoms with Crippen LogP contribution in [-0.4, -0.2) is 17.6 Å². The Kier molecular flexibility index (Phi) is 4.42. The van der Waals surface area contributed by atoms with E-state index < -0.39 is 41.7 Å². The molecule has 17 heavy (non-hydrogen) atoms. The number of hydrogen-bond acceptors (Lipinski definition) is 3. The molecular weight excluding hydrogens is 242 g/mol. The second-order valence-electron chi connectivity index (χ2n) is 3.08. The van der Waals surface area contributed by atoms with E-state index in [2.05, 4.69) is 9.72 Å². The number of esters is 1. The fourth-order valence-corrected chi connectivity index (χ4v) is 1.18. The van der Waals surface area contributed by atoms with E-state index in [1.54, 1.807) is 0 Å². The number of ether oxygens (including phenoxy) is 1. The molecule has 1 aromatic rings. The first kappa shape index (κ1) is 13.4. The summed E-state index contributed by atoms with van der Waals surface area (Å²) in [6.07, 6.45) is -3.48. The van der Waals surface area contributed by atoms with Gasteiger partial charge in [-0.05, 0) is 6.92 Å². The standard InChI is InChI=1S/C10H9F4NO2/c1-2-17-7(16)3-5-8(11)6(9(12)13)4-15-10(5)14/h4,9H,2-3H2,1H3. The molecule has 1 heterocycles. The molecule has 0 radical (unpaired) electrons. The molecule has 0 spiro atoms. The summed E-state index contributed by atoms with van der Waals surface area (Å²) in [7, 11) is 0. The van der Waals surface area contributed by atoms with Gasteiger partial charge >= 0.3 is 5.97 Å². The van der Waals surface area contributed by atoms with Crippen molar-refractivity contribution >= 4 is 5.97 Å². The summed E-state index contributed by atoms with van der Waals surface area (Å²) in [5.41, 5.74) is -1.84. The van der Waals surface area contributed by atoms with Crippen LogP contribution in [0.2, 0.25) is 0 Å². The van der Waals surface area contributed by atoms with Crippen LogP contribution in [-0.2, 0) is 16.0 Å². The van der Waals surface area contributed by atoms with Crippen LogP contribution >= 0.6 is 0 Å². The van der Waals surface area contributed by atoms with Crippen LogP contribution in [0.3, 0.4) is 0 Å². The van der Waals surface area contributed by atoms with Crippen molar-refractivity contribution in [2.45, 2.75) is 19.8 Å². The molecule has 0 saturated heterocycles. The maximum atomic E-state index is 13.4. The highest BCUT2D eigenvalue weighted by atomic mass is 19.3. The number of aromatic nitrogens is 1. The normalized spacial score (nSPS) is 10.7. The second kappa shape index (κ2) is 5.60. The number of alkyl halides is 2. The van der Waals surface area contributed by atoms with Crippen molar-refractivity contribution in [3.63, 3.8) is 0 Å². The minimum absolute atomic E-state index is 0.0318. The summed E-state index contributed by atoms with van der Waals surface area (Å²) in [6, 6.07) is 0. The van der Waals surface area contributed by atoms with Crippen molar-refractivity contribution in [3.05, 3.63) is 29.1 Å². The Morgan fingerprint density at radius 2 is 2.12 bits per heavy atom. The zero-order valence-corrected chi connectivity index (χ0v) is 8.84. The summed E-state index contributed by atoms with van der Waals surface area (Å²) < 4.78 is 55.6. The predicted molar refractivity (Wildman–Crippen MR) is 49.4 cm³/mol. The van der Waals surface area contributed by atoms with Gasteiger partial charge in [0.2, 0.25) is 5.95 Å². The van der Waals surface area contributed by atoms with E-state index in [-0.39, 0.29) is 6.61 Å². The van der Waals surface area contributed by atoms with Gasteiger partial charge < -0.3 is 4.74 Å². The maximum Gasteiger partial charge on any atom is 0.310 e. The molecule has 0 bridgehead atoms. The highest BCUT2D eigenvalue weighted by Gasteiger charge is 2.22. The molecule has 0 saturated carbocycles. The Morgan fingerprint density at radius 1 is 1.47 bits per heavy atom. The Morgan fingerprint density at radius 3 is 2.65 bits per heavy atom. The monoisotopic (exact) mass is 251 g/mol. The summed E-state index contributed by atoms with van der Waals surface area (Å²) in [4.78, 5) is 14.0. The highest BCUT2D eigenvalue weighted by molar-refractivity contribution is 5.72. The Labute approximate surface area is 94.4 Å². The number of nitrogens with zero attached hydrogens (tertiary/aromatic N) is 1. The van der Waals surface area contributed by atoms with E-state index in [0.717, 1.165) is 0 Å². The molecule has 0 N–H and O–H groups in total. The first-order valence-corrected chi connectivity index (χ1v) is 4.73. The van der Waals surface area contributed by atoms with Crippen LogP contribution in [0.4, 0.5) is 17.6 Å². The van der Waals surface area contributed by atoms with Gasteiger partial charge in [0, 0.05) is 6.20 Å². The minimum atomic E-state index is -3.12. The second-order valence-corrected chi connectivity index (χ2v) is 3.08. The van der Waals surface area contributed by atoms with Crippen molar-refractivity contribution in [1.82, 2.24) is 4.98 Å². The summed E-state index contributed by atoms with van der Waals surface area (Å²) in [5.74, 6) is -3.65. The zero-order chi connectivity index (χ0) is 13.0. The van der Waals surface area contributed by atoms with Gasteiger partial charge in [-0.25, -0.2) is 18.2 Å². The first-order valence-electron chi connectivity index (χ1n) is 4.73. The maximum absolute atomic E-state index is 13.4. The lowest BCUT2D eigenvalue weighted by atomic mass is 10.1. The topological polar surface area (TPSA) is 39.2 Å². The van der Waals surface area contributed by atoms with Crippen LogP contribution in [0, 0.1) is 11.8 Å². The molecule has 0 atom stereocenters. The molecule has 3 nitrogen and oxygen atoms in total. The largest absolute Gasteiger partial charge is 0.466 e. The molecule has 0 aliphatic carbocycles. The van der Waals surface area contributed by atoms with E-state index in [4.69, 9.17) is 0 Å². The zero-order valence-electron chi connectivity index (χ0n) is 8.84. The van der Waals surface area contributed by atoms with Gasteiger partial charge in [0.05, 0.1) is 24.2 Å². The van der Waals surface area contributed by atoms with Gasteiger partial charge in [-0.3, -0.25) is 4.79 Å². The van der Waals surface area contributed by atoms with Crippen molar-refractivity contribution in [1.29, 1.82) is 0 Å². The van der Waals surface area contributed by atoms with E-state index in [0.29, 0.717) is 6.20 Å². The first-order chi connectivity index (χ1) is 7.97. The van der Waals surface area contributed by atoms with E-state index >= 15 is 0 Å². The average molecular weight is 251 g/mol. The number of halogens is 4. The fourth-order valence-electron chi connectivity index (χ4n) is 1.18. The van der Waals surface area contributed by atoms with Crippen LogP contribution < -0.4 is 0 Å². The highest BCUT2D eigenvalue weighted by Crippen LogP contribution is 2.24. The third-order valence-electron chi connectivity index (χ3n) is 1.95. The molecule has 0 fully saturated rings. The number of carbonyl (C=O) groups is 1. The SMILES string of the molecule is CCOC(=O)Cc1c(F)ncc(C(F)F)c1F. The van der Waals surface area contributed by atoms with E-state index in [1.165, 1.54) is 6.92 Å². The minimum Gasteiger partial charge on any atom is -0.466 e. The van der Waals surface area contributed by atoms with Gasteiger partial charge in [0.25, 0.3) is 6.43 Å². The number of pyridine rings is 1. The van der Waals surface area contributed by atoms with Gasteiger partial charge in [0.15, 0.2) is 0 Å². The molecule has 1 aromatic heterocycles. The molecule has 0 unspecified atom stereocenters. The summed E-state index contributed by atoms with van der Waals surface area (Å²) in [6.45, 7) is 1.54. The van der Waals surface area contributed by atoms with Crippen LogP contribution in [0.5, 0.6) is 0 Å². The van der Waals surface area contributed by atoms with Crippen molar-refractivity contribution in [3.8, 4) is 0 Å². The smallest absolute Gasteiger partial charge is 0.310 e. The molecule has 7 heteroatoms. The van der Waals surface area contributed by atoms with Crippen molar-refractivity contribution in [2.24, 2.45) is 0 Å². The summed E-state index contributed by atoms with van der Waals surface area (Å²) in [5, 5.41) is 0. The van der Waals surface area contributed by atoms with Gasteiger partial charge in [0.1, 0.15) is 5.82 Å². The lowest BCUT2D eigenvalue weighted by molar-refractivity contribution is -0.142. The van der Waals surface area contributed by atoms with E-state index in [1.807, 2.05) is 0 Å². The molecule has 94 valence electrons. The van der Waals surface area contributed by atoms with Gasteiger partial charge in [-0.1, -0.05) is 0 Å². The average Bonchev–Trinajstić information content (AvgIpc) is 2.24. The number of carbonyl (C=O) groups excluding carboxylic acids is 1. The molecule has 0 aliphatic heterocycles. The van der Waals surface area contributed by atoms with Crippen LogP contribution in [0.15, 0.2) is 6.20 Å². The van der Waals surface area contributed by atoms with Crippen molar-refractivity contribution < 1.29 is 27.1 Å². The van der Waals surface area contributed by atoms with Crippen LogP contribution in [0.1, 0.15) is 24.5 Å². The number of hydrogen-bond donors (Lipinski definition) is 0. The third-order valence-corrected chi connectivity index (χ3v) is 1.95. The summed E-state index contributed by atoms with van der Waals surface area (Å²) >= 11 is 0. The van der Waals surface area contributed by atoms with Crippen molar-refractivity contribution in [2.75, 3.05) is 6.61 Å². The van der Waals surface area contributed by atoms with Crippen LogP contribution in [0.25, 0.3) is 0 Å². The quantitative estimate of drug-likeness (QED) is 0.468. The molecular formula is C10H9F4NO2. The number of rotatable bonds is 4. The Bertz CT molecular complexity index is 423. The Hall–Kier alpha value is -1.66. The lowest BCUT2D eigenvalue weighted by Crippen LogP contribution is -2.13. The molecule has 0 amide bonds. The molecule has 0 aliphatic rings. The third kappa shape index (κ3) is 3.15. The van der Waals surface area contributed by atoms with E-state index in [9.17, 15) is 22.4 Å². The molecule has 1 rings (SSSR count). The lowest BCUT2D eigenvalue weighted by Gasteiger charge is -2.07. The molecule has 0 aromatic carbocycles. The Balaban J connectivity index is 3.05. The van der Waals surface area contributed by atoms with Gasteiger partial charge in [-0.15, -0.1) is 0 Å².